The predicted octanol–water partition coefficient (Wildman–Crippen LogP) is 14.2. The van der Waals surface area contributed by atoms with Crippen LogP contribution in [0.3, 0.4) is 0 Å². The Kier molecular flexibility index (Phi) is 19.9. The number of hydrogen-bond donors (Lipinski definition) is 4. The molecule has 0 fully saturated rings. The second kappa shape index (κ2) is 27.1. The van der Waals surface area contributed by atoms with Crippen LogP contribution in [0.4, 0.5) is 0 Å². The minimum absolute atomic E-state index is 0.0370. The lowest BCUT2D eigenvalue weighted by atomic mass is 9.74. The topological polar surface area (TPSA) is 122 Å². The zero-order valence-corrected chi connectivity index (χ0v) is 47.7. The van der Waals surface area contributed by atoms with Crippen LogP contribution in [0, 0.1) is 0 Å². The van der Waals surface area contributed by atoms with Crippen molar-refractivity contribution in [1.82, 2.24) is 21.3 Å². The average Bonchev–Trinajstić information content (AvgIpc) is 3.42. The minimum atomic E-state index is -0.0594. The standard InChI is InChI=1S/C64H92N4O8/c1-9-17-21-25-41-45-29-47-42(26-22-18-10-2)49-31-51-44(28-24-20-12-4)52-32-50-43(27-23-19-11-3)48-30-46(41)58-54(34-66-14-6)60(48)72-39-74-62(50)56(36-68-16-8)64(52)76-40-75-63(51)55(35-67-15-7)61(49)73-38-71-59(47)53(33-65-13-5)57(45)69-37-70-58/h29-32,41-44,65-68H,9-28,33-40H2,1-8H3. The average molecular weight is 1050 g/mol. The van der Waals surface area contributed by atoms with Gasteiger partial charge in [-0.3, -0.25) is 0 Å². The van der Waals surface area contributed by atoms with E-state index in [4.69, 9.17) is 37.9 Å². The Bertz CT molecular complexity index is 2110. The van der Waals surface area contributed by atoms with E-state index in [1.807, 2.05) is 0 Å². The maximum absolute atomic E-state index is 7.11. The van der Waals surface area contributed by atoms with Gasteiger partial charge in [0.15, 0.2) is 0 Å². The third kappa shape index (κ3) is 11.5. The Labute approximate surface area is 455 Å². The van der Waals surface area contributed by atoms with E-state index in [-0.39, 0.29) is 50.8 Å². The van der Waals surface area contributed by atoms with Crippen LogP contribution in [0.5, 0.6) is 46.0 Å². The summed E-state index contributed by atoms with van der Waals surface area (Å²) in [4.78, 5) is 0. The molecule has 1 aliphatic carbocycles. The van der Waals surface area contributed by atoms with Gasteiger partial charge in [-0.25, -0.2) is 0 Å². The highest BCUT2D eigenvalue weighted by Gasteiger charge is 2.41. The highest BCUT2D eigenvalue weighted by Crippen LogP contribution is 2.58. The number of benzene rings is 4. The van der Waals surface area contributed by atoms with E-state index in [2.05, 4.69) is 101 Å². The van der Waals surface area contributed by atoms with E-state index in [9.17, 15) is 0 Å². The molecule has 0 amide bonds. The lowest BCUT2D eigenvalue weighted by molar-refractivity contribution is 0.0939. The van der Waals surface area contributed by atoms with Crippen molar-refractivity contribution in [3.8, 4) is 46.0 Å². The Morgan fingerprint density at radius 1 is 0.289 bits per heavy atom. The molecule has 0 saturated heterocycles. The van der Waals surface area contributed by atoms with Gasteiger partial charge in [0, 0.05) is 94.4 Å². The van der Waals surface area contributed by atoms with Crippen LogP contribution in [0.15, 0.2) is 24.3 Å². The van der Waals surface area contributed by atoms with Gasteiger partial charge in [-0.2, -0.15) is 0 Å². The van der Waals surface area contributed by atoms with Crippen LogP contribution in [-0.4, -0.2) is 53.4 Å². The molecule has 4 aromatic rings. The van der Waals surface area contributed by atoms with Crippen molar-refractivity contribution in [2.45, 2.75) is 208 Å². The van der Waals surface area contributed by atoms with Gasteiger partial charge in [0.05, 0.1) is 22.3 Å². The van der Waals surface area contributed by atoms with Crippen molar-refractivity contribution >= 4 is 0 Å². The molecule has 4 aliphatic heterocycles. The Balaban J connectivity index is 1.50. The molecule has 4 heterocycles. The molecule has 0 atom stereocenters. The van der Waals surface area contributed by atoms with Gasteiger partial charge in [-0.1, -0.05) is 132 Å². The van der Waals surface area contributed by atoms with Gasteiger partial charge < -0.3 is 59.2 Å². The second-order valence-electron chi connectivity index (χ2n) is 21.7. The zero-order chi connectivity index (χ0) is 53.0. The first-order valence-corrected chi connectivity index (χ1v) is 30.1. The lowest BCUT2D eigenvalue weighted by Gasteiger charge is -2.38. The first kappa shape index (κ1) is 55.9. The quantitative estimate of drug-likeness (QED) is 0.0405. The Morgan fingerprint density at radius 3 is 0.632 bits per heavy atom. The fourth-order valence-corrected chi connectivity index (χ4v) is 13.0. The third-order valence-corrected chi connectivity index (χ3v) is 16.8. The summed E-state index contributed by atoms with van der Waals surface area (Å²) in [5.74, 6) is 6.62. The number of ether oxygens (including phenoxy) is 8. The fourth-order valence-electron chi connectivity index (χ4n) is 13.0. The highest BCUT2D eigenvalue weighted by atomic mass is 16.7. The van der Waals surface area contributed by atoms with Gasteiger partial charge in [0.1, 0.15) is 46.0 Å². The largest absolute Gasteiger partial charge is 0.457 e. The highest BCUT2D eigenvalue weighted by molar-refractivity contribution is 5.70. The van der Waals surface area contributed by atoms with E-state index in [1.165, 1.54) is 44.5 Å². The van der Waals surface area contributed by atoms with Crippen molar-refractivity contribution in [3.05, 3.63) is 91.0 Å². The molecular weight excluding hydrogens is 953 g/mol. The fraction of sp³-hybridized carbons (Fsp3) is 0.625. The van der Waals surface area contributed by atoms with Gasteiger partial charge in [-0.15, -0.1) is 0 Å². The first-order chi connectivity index (χ1) is 37.5. The molecule has 12 heteroatoms. The van der Waals surface area contributed by atoms with Crippen LogP contribution in [0.25, 0.3) is 0 Å². The van der Waals surface area contributed by atoms with E-state index in [0.29, 0.717) is 26.2 Å². The molecule has 8 bridgehead atoms. The predicted molar refractivity (Wildman–Crippen MR) is 304 cm³/mol. The maximum Gasteiger partial charge on any atom is 0.230 e. The minimum Gasteiger partial charge on any atom is -0.457 e. The summed E-state index contributed by atoms with van der Waals surface area (Å²) in [7, 11) is 0. The van der Waals surface area contributed by atoms with Crippen LogP contribution >= 0.6 is 0 Å². The number of rotatable bonds is 28. The van der Waals surface area contributed by atoms with Crippen molar-refractivity contribution in [2.75, 3.05) is 53.4 Å². The summed E-state index contributed by atoms with van der Waals surface area (Å²) in [6, 6.07) is 10.1. The van der Waals surface area contributed by atoms with Crippen LogP contribution in [-0.2, 0) is 26.2 Å². The van der Waals surface area contributed by atoms with Crippen LogP contribution < -0.4 is 59.2 Å². The molecule has 4 N–H and O–H groups in total. The van der Waals surface area contributed by atoms with Crippen LogP contribution in [0.1, 0.15) is 249 Å². The monoisotopic (exact) mass is 1040 g/mol. The van der Waals surface area contributed by atoms with Crippen molar-refractivity contribution in [3.63, 3.8) is 0 Å². The van der Waals surface area contributed by atoms with Gasteiger partial charge in [-0.05, 0) is 76.1 Å². The molecule has 9 rings (SSSR count). The van der Waals surface area contributed by atoms with Crippen LogP contribution in [0.2, 0.25) is 0 Å². The molecule has 0 unspecified atom stereocenters. The van der Waals surface area contributed by atoms with E-state index < -0.39 is 0 Å². The van der Waals surface area contributed by atoms with Gasteiger partial charge in [0.25, 0.3) is 0 Å². The van der Waals surface area contributed by atoms with E-state index >= 15 is 0 Å². The summed E-state index contributed by atoms with van der Waals surface area (Å²) in [5.41, 5.74) is 13.8. The van der Waals surface area contributed by atoms with Gasteiger partial charge >= 0.3 is 0 Å². The normalized spacial score (nSPS) is 18.5. The van der Waals surface area contributed by atoms with E-state index in [0.717, 1.165) is 197 Å². The van der Waals surface area contributed by atoms with Crippen molar-refractivity contribution in [2.24, 2.45) is 0 Å². The van der Waals surface area contributed by atoms with E-state index in [1.54, 1.807) is 0 Å². The molecule has 416 valence electrons. The molecule has 0 saturated carbocycles. The molecule has 76 heavy (non-hydrogen) atoms. The maximum atomic E-state index is 7.11. The second-order valence-corrected chi connectivity index (χ2v) is 21.7. The number of nitrogens with one attached hydrogen (secondary N) is 4. The Hall–Kier alpha value is -4.88. The summed E-state index contributed by atoms with van der Waals surface area (Å²) < 4.78 is 56.8. The third-order valence-electron chi connectivity index (χ3n) is 16.8. The molecule has 0 radical (unpaired) electrons. The Morgan fingerprint density at radius 2 is 0.474 bits per heavy atom. The summed E-state index contributed by atoms with van der Waals surface area (Å²) in [6.45, 7) is 23.5. The SMILES string of the molecule is CCCCCC1c2cc3c4c(CNCC)c2OCOc2c1cc1c(c2CNCC)OCOc2c(cc5c(c2CNCC)OCOc2c(cc(c(c2CNCC)OCO4)C3CCCCC)C5CCCCC)C1CCCCC. The zero-order valence-electron chi connectivity index (χ0n) is 47.7. The molecule has 12 nitrogen and oxygen atoms in total. The summed E-state index contributed by atoms with van der Waals surface area (Å²) in [5, 5.41) is 15.0. The number of unbranched alkanes of at least 4 members (excludes halogenated alkanes) is 8. The van der Waals surface area contributed by atoms with Crippen molar-refractivity contribution in [1.29, 1.82) is 0 Å². The molecule has 4 aromatic carbocycles. The number of hydrogen-bond acceptors (Lipinski definition) is 12. The summed E-state index contributed by atoms with van der Waals surface area (Å²) in [6.07, 6.45) is 16.9. The molecule has 0 spiro atoms. The molecule has 0 aromatic heterocycles. The smallest absolute Gasteiger partial charge is 0.230 e. The first-order valence-electron chi connectivity index (χ1n) is 30.1. The van der Waals surface area contributed by atoms with Crippen molar-refractivity contribution < 1.29 is 37.9 Å². The summed E-state index contributed by atoms with van der Waals surface area (Å²) >= 11 is 0. The lowest BCUT2D eigenvalue weighted by Crippen LogP contribution is -2.27. The molecule has 5 aliphatic rings. The van der Waals surface area contributed by atoms with Gasteiger partial charge in [0.2, 0.25) is 27.2 Å². The molecular formula is C64H92N4O8.